The maximum atomic E-state index is 12.4. The van der Waals surface area contributed by atoms with Crippen LogP contribution in [0.5, 0.6) is 0 Å². The number of rotatable bonds is 4. The van der Waals surface area contributed by atoms with Gasteiger partial charge in [0, 0.05) is 39.4 Å². The highest BCUT2D eigenvalue weighted by Crippen LogP contribution is 2.41. The minimum atomic E-state index is -1.16. The van der Waals surface area contributed by atoms with Crippen LogP contribution in [0.3, 0.4) is 0 Å². The van der Waals surface area contributed by atoms with Crippen LogP contribution >= 0.6 is 0 Å². The number of hydrogen-bond acceptors (Lipinski definition) is 4. The third kappa shape index (κ3) is 4.01. The molecule has 0 spiro atoms. The van der Waals surface area contributed by atoms with Crippen molar-refractivity contribution in [1.29, 1.82) is 0 Å². The first kappa shape index (κ1) is 20.9. The molecule has 0 saturated carbocycles. The standard InChI is InChI=1S/C26H26N2O3/c1-15-11-12-18-20(14-15)28-16(2)21(24(25(29)30)31-26(3,4)5)22(18)19-10-6-8-17-9-7-13-27-23(17)19/h6-14,24H,1-5H3,(H,29,30)/t24-/m0/s1. The first-order valence-corrected chi connectivity index (χ1v) is 10.3. The highest BCUT2D eigenvalue weighted by molar-refractivity contribution is 6.05. The molecular weight excluding hydrogens is 388 g/mol. The van der Waals surface area contributed by atoms with E-state index in [9.17, 15) is 9.90 Å². The molecule has 31 heavy (non-hydrogen) atoms. The van der Waals surface area contributed by atoms with Crippen LogP contribution in [-0.2, 0) is 9.53 Å². The van der Waals surface area contributed by atoms with E-state index in [4.69, 9.17) is 9.72 Å². The number of nitrogens with zero attached hydrogens (tertiary/aromatic N) is 2. The summed E-state index contributed by atoms with van der Waals surface area (Å²) in [5, 5.41) is 12.0. The Labute approximate surface area is 181 Å². The van der Waals surface area contributed by atoms with E-state index in [2.05, 4.69) is 4.98 Å². The quantitative estimate of drug-likeness (QED) is 0.443. The maximum Gasteiger partial charge on any atom is 0.337 e. The monoisotopic (exact) mass is 414 g/mol. The fourth-order valence-corrected chi connectivity index (χ4v) is 4.02. The predicted octanol–water partition coefficient (Wildman–Crippen LogP) is 6.01. The number of carboxylic acids is 1. The Morgan fingerprint density at radius 1 is 1.06 bits per heavy atom. The average Bonchev–Trinajstić information content (AvgIpc) is 2.70. The molecule has 0 aliphatic carbocycles. The summed E-state index contributed by atoms with van der Waals surface area (Å²) in [6.45, 7) is 9.44. The number of aromatic nitrogens is 2. The van der Waals surface area contributed by atoms with Crippen molar-refractivity contribution in [2.75, 3.05) is 0 Å². The fraction of sp³-hybridized carbons (Fsp3) is 0.269. The molecule has 1 atom stereocenters. The van der Waals surface area contributed by atoms with Gasteiger partial charge in [-0.05, 0) is 52.3 Å². The van der Waals surface area contributed by atoms with Crippen molar-refractivity contribution >= 4 is 27.8 Å². The highest BCUT2D eigenvalue weighted by Gasteiger charge is 2.32. The van der Waals surface area contributed by atoms with Gasteiger partial charge in [0.15, 0.2) is 6.10 Å². The first-order valence-electron chi connectivity index (χ1n) is 10.3. The van der Waals surface area contributed by atoms with Gasteiger partial charge in [0.05, 0.1) is 16.6 Å². The molecule has 4 rings (SSSR count). The maximum absolute atomic E-state index is 12.4. The van der Waals surface area contributed by atoms with E-state index >= 15 is 0 Å². The Bertz CT molecular complexity index is 1300. The molecule has 0 aliphatic heterocycles. The molecule has 158 valence electrons. The number of hydrogen-bond donors (Lipinski definition) is 1. The van der Waals surface area contributed by atoms with Crippen LogP contribution in [0.4, 0.5) is 0 Å². The molecule has 0 saturated heterocycles. The van der Waals surface area contributed by atoms with E-state index in [1.807, 2.05) is 83.1 Å². The molecule has 5 nitrogen and oxygen atoms in total. The lowest BCUT2D eigenvalue weighted by Gasteiger charge is -2.28. The predicted molar refractivity (Wildman–Crippen MR) is 123 cm³/mol. The molecule has 2 aromatic carbocycles. The topological polar surface area (TPSA) is 72.3 Å². The Morgan fingerprint density at radius 3 is 2.52 bits per heavy atom. The van der Waals surface area contributed by atoms with E-state index in [-0.39, 0.29) is 0 Å². The Kier molecular flexibility index (Phi) is 5.23. The summed E-state index contributed by atoms with van der Waals surface area (Å²) < 4.78 is 6.05. The van der Waals surface area contributed by atoms with Gasteiger partial charge >= 0.3 is 5.97 Å². The van der Waals surface area contributed by atoms with Crippen molar-refractivity contribution in [3.05, 3.63) is 71.5 Å². The van der Waals surface area contributed by atoms with E-state index in [1.165, 1.54) is 0 Å². The summed E-state index contributed by atoms with van der Waals surface area (Å²) >= 11 is 0. The molecule has 0 aliphatic rings. The lowest BCUT2D eigenvalue weighted by atomic mass is 9.89. The lowest BCUT2D eigenvalue weighted by Crippen LogP contribution is -2.28. The summed E-state index contributed by atoms with van der Waals surface area (Å²) in [4.78, 5) is 21.8. The first-order chi connectivity index (χ1) is 14.7. The molecule has 1 N–H and O–H groups in total. The van der Waals surface area contributed by atoms with Gasteiger partial charge in [-0.15, -0.1) is 0 Å². The molecule has 2 heterocycles. The molecule has 0 unspecified atom stereocenters. The van der Waals surface area contributed by atoms with E-state index < -0.39 is 17.7 Å². The number of pyridine rings is 2. The molecule has 5 heteroatoms. The average molecular weight is 415 g/mol. The second kappa shape index (κ2) is 7.75. The second-order valence-electron chi connectivity index (χ2n) is 8.84. The summed E-state index contributed by atoms with van der Waals surface area (Å²) in [5.41, 5.74) is 4.97. The van der Waals surface area contributed by atoms with Gasteiger partial charge < -0.3 is 9.84 Å². The third-order valence-corrected chi connectivity index (χ3v) is 5.23. The number of aliphatic carboxylic acids is 1. The van der Waals surface area contributed by atoms with Crippen molar-refractivity contribution in [3.8, 4) is 11.1 Å². The van der Waals surface area contributed by atoms with E-state index in [0.29, 0.717) is 11.3 Å². The number of carboxylic acid groups (broad SMARTS) is 1. The van der Waals surface area contributed by atoms with Crippen molar-refractivity contribution in [2.45, 2.75) is 46.3 Å². The van der Waals surface area contributed by atoms with E-state index in [0.717, 1.165) is 38.5 Å². The fourth-order valence-electron chi connectivity index (χ4n) is 4.02. The zero-order valence-electron chi connectivity index (χ0n) is 18.4. The summed E-state index contributed by atoms with van der Waals surface area (Å²) in [6, 6.07) is 15.9. The summed E-state index contributed by atoms with van der Waals surface area (Å²) in [7, 11) is 0. The van der Waals surface area contributed by atoms with Crippen molar-refractivity contribution < 1.29 is 14.6 Å². The zero-order valence-corrected chi connectivity index (χ0v) is 18.4. The summed E-state index contributed by atoms with van der Waals surface area (Å²) in [5.74, 6) is -1.04. The van der Waals surface area contributed by atoms with Gasteiger partial charge in [0.1, 0.15) is 0 Å². The molecule has 4 aromatic rings. The largest absolute Gasteiger partial charge is 0.479 e. The van der Waals surface area contributed by atoms with Crippen LogP contribution in [0.25, 0.3) is 32.9 Å². The number of benzene rings is 2. The Balaban J connectivity index is 2.15. The van der Waals surface area contributed by atoms with Gasteiger partial charge in [-0.25, -0.2) is 4.79 Å². The highest BCUT2D eigenvalue weighted by atomic mass is 16.5. The second-order valence-corrected chi connectivity index (χ2v) is 8.84. The van der Waals surface area contributed by atoms with Gasteiger partial charge in [0.25, 0.3) is 0 Å². The van der Waals surface area contributed by atoms with Crippen LogP contribution in [0.2, 0.25) is 0 Å². The van der Waals surface area contributed by atoms with Crippen LogP contribution in [-0.4, -0.2) is 26.6 Å². The van der Waals surface area contributed by atoms with Gasteiger partial charge in [-0.2, -0.15) is 0 Å². The Morgan fingerprint density at radius 2 is 1.81 bits per heavy atom. The minimum absolute atomic E-state index is 0.567. The van der Waals surface area contributed by atoms with Crippen LogP contribution in [0, 0.1) is 13.8 Å². The summed E-state index contributed by atoms with van der Waals surface area (Å²) in [6.07, 6.45) is 0.596. The Hall–Kier alpha value is -3.31. The van der Waals surface area contributed by atoms with Crippen molar-refractivity contribution in [1.82, 2.24) is 9.97 Å². The zero-order chi connectivity index (χ0) is 22.3. The molecule has 0 bridgehead atoms. The van der Waals surface area contributed by atoms with Gasteiger partial charge in [-0.3, -0.25) is 9.97 Å². The third-order valence-electron chi connectivity index (χ3n) is 5.23. The van der Waals surface area contributed by atoms with Gasteiger partial charge in [0.2, 0.25) is 0 Å². The van der Waals surface area contributed by atoms with E-state index in [1.54, 1.807) is 6.20 Å². The molecule has 0 amide bonds. The number of carbonyl (C=O) groups is 1. The number of para-hydroxylation sites is 1. The number of fused-ring (bicyclic) bond motifs is 2. The minimum Gasteiger partial charge on any atom is -0.479 e. The molecule has 0 radical (unpaired) electrons. The van der Waals surface area contributed by atoms with Crippen LogP contribution < -0.4 is 0 Å². The van der Waals surface area contributed by atoms with Crippen LogP contribution in [0.15, 0.2) is 54.7 Å². The lowest BCUT2D eigenvalue weighted by molar-refractivity contribution is -0.160. The number of ether oxygens (including phenoxy) is 1. The molecular formula is C26H26N2O3. The molecule has 2 aromatic heterocycles. The van der Waals surface area contributed by atoms with Crippen molar-refractivity contribution in [2.24, 2.45) is 0 Å². The van der Waals surface area contributed by atoms with Gasteiger partial charge in [-0.1, -0.05) is 36.4 Å². The molecule has 0 fully saturated rings. The normalized spacial score (nSPS) is 12.9. The smallest absolute Gasteiger partial charge is 0.337 e. The van der Waals surface area contributed by atoms with Crippen LogP contribution in [0.1, 0.15) is 43.7 Å². The SMILES string of the molecule is Cc1ccc2c(-c3cccc4cccnc34)c([C@H](OC(C)(C)C)C(=O)O)c(C)nc2c1. The van der Waals surface area contributed by atoms with Crippen molar-refractivity contribution in [3.63, 3.8) is 0 Å². The number of aryl methyl sites for hydroxylation is 2.